The molecule has 1 heterocycles. The van der Waals surface area contributed by atoms with E-state index in [1.54, 1.807) is 36.5 Å². The molecule has 1 aromatic heterocycles. The number of esters is 1. The molecule has 0 aliphatic rings. The van der Waals surface area contributed by atoms with Gasteiger partial charge in [-0.05, 0) is 38.1 Å². The van der Waals surface area contributed by atoms with E-state index in [9.17, 15) is 9.59 Å². The average Bonchev–Trinajstić information content (AvgIpc) is 2.63. The van der Waals surface area contributed by atoms with Crippen molar-refractivity contribution in [2.24, 2.45) is 0 Å². The van der Waals surface area contributed by atoms with Gasteiger partial charge in [-0.25, -0.2) is 4.79 Å². The predicted octanol–water partition coefficient (Wildman–Crippen LogP) is 2.67. The number of aromatic nitrogens is 1. The summed E-state index contributed by atoms with van der Waals surface area (Å²) in [6.07, 6.45) is 2.92. The molecule has 25 heavy (non-hydrogen) atoms. The van der Waals surface area contributed by atoms with Crippen LogP contribution in [0.4, 0.5) is 5.69 Å². The minimum atomic E-state index is -0.607. The SMILES string of the molecule is CCOc1ccc(NC(=O)COC(=O)c2cccnc2)cc1OCC. The number of carbonyl (C=O) groups excluding carboxylic acids is 2. The van der Waals surface area contributed by atoms with Crippen molar-refractivity contribution < 1.29 is 23.8 Å². The highest BCUT2D eigenvalue weighted by Gasteiger charge is 2.12. The van der Waals surface area contributed by atoms with Crippen molar-refractivity contribution in [2.75, 3.05) is 25.1 Å². The molecule has 0 spiro atoms. The van der Waals surface area contributed by atoms with Gasteiger partial charge in [-0.15, -0.1) is 0 Å². The average molecular weight is 344 g/mol. The van der Waals surface area contributed by atoms with E-state index in [1.807, 2.05) is 13.8 Å². The maximum Gasteiger partial charge on any atom is 0.340 e. The van der Waals surface area contributed by atoms with Gasteiger partial charge in [0.25, 0.3) is 5.91 Å². The molecule has 0 aliphatic heterocycles. The Balaban J connectivity index is 1.93. The summed E-state index contributed by atoms with van der Waals surface area (Å²) in [6, 6.07) is 8.25. The summed E-state index contributed by atoms with van der Waals surface area (Å²) < 4.78 is 15.9. The number of nitrogens with zero attached hydrogens (tertiary/aromatic N) is 1. The Morgan fingerprint density at radius 3 is 2.52 bits per heavy atom. The molecule has 7 nitrogen and oxygen atoms in total. The lowest BCUT2D eigenvalue weighted by molar-refractivity contribution is -0.119. The molecule has 7 heteroatoms. The fourth-order valence-corrected chi connectivity index (χ4v) is 2.02. The first kappa shape index (κ1) is 18.3. The van der Waals surface area contributed by atoms with Crippen molar-refractivity contribution in [3.63, 3.8) is 0 Å². The molecule has 1 aromatic carbocycles. The molecular weight excluding hydrogens is 324 g/mol. The summed E-state index contributed by atoms with van der Waals surface area (Å²) in [7, 11) is 0. The molecule has 0 aliphatic carbocycles. The second kappa shape index (κ2) is 9.27. The maximum atomic E-state index is 12.0. The van der Waals surface area contributed by atoms with Gasteiger partial charge in [0.15, 0.2) is 18.1 Å². The summed E-state index contributed by atoms with van der Waals surface area (Å²) in [5, 5.41) is 2.65. The van der Waals surface area contributed by atoms with E-state index in [0.29, 0.717) is 30.4 Å². The molecule has 0 fully saturated rings. The third-order valence-electron chi connectivity index (χ3n) is 3.06. The second-order valence-corrected chi connectivity index (χ2v) is 4.89. The Hall–Kier alpha value is -3.09. The van der Waals surface area contributed by atoms with Crippen LogP contribution in [0, 0.1) is 0 Å². The smallest absolute Gasteiger partial charge is 0.340 e. The standard InChI is InChI=1S/C18H20N2O5/c1-3-23-15-8-7-14(10-16(15)24-4-2)20-17(21)12-25-18(22)13-6-5-9-19-11-13/h5-11H,3-4,12H2,1-2H3,(H,20,21). The second-order valence-electron chi connectivity index (χ2n) is 4.89. The minimum Gasteiger partial charge on any atom is -0.490 e. The highest BCUT2D eigenvalue weighted by molar-refractivity contribution is 5.95. The van der Waals surface area contributed by atoms with Crippen LogP contribution in [0.3, 0.4) is 0 Å². The maximum absolute atomic E-state index is 12.0. The van der Waals surface area contributed by atoms with Crippen LogP contribution in [0.2, 0.25) is 0 Å². The fourth-order valence-electron chi connectivity index (χ4n) is 2.02. The van der Waals surface area contributed by atoms with Gasteiger partial charge in [0.1, 0.15) is 0 Å². The number of hydrogen-bond donors (Lipinski definition) is 1. The van der Waals surface area contributed by atoms with Crippen LogP contribution in [-0.4, -0.2) is 36.7 Å². The van der Waals surface area contributed by atoms with Crippen LogP contribution in [0.5, 0.6) is 11.5 Å². The number of carbonyl (C=O) groups is 2. The topological polar surface area (TPSA) is 86.8 Å². The zero-order chi connectivity index (χ0) is 18.1. The molecule has 1 amide bonds. The Bertz CT molecular complexity index is 719. The van der Waals surface area contributed by atoms with Gasteiger partial charge < -0.3 is 19.5 Å². The van der Waals surface area contributed by atoms with Crippen molar-refractivity contribution in [2.45, 2.75) is 13.8 Å². The summed E-state index contributed by atoms with van der Waals surface area (Å²) in [5.41, 5.74) is 0.810. The monoisotopic (exact) mass is 344 g/mol. The van der Waals surface area contributed by atoms with Gasteiger partial charge in [0, 0.05) is 24.1 Å². The first-order valence-corrected chi connectivity index (χ1v) is 7.90. The van der Waals surface area contributed by atoms with Crippen molar-refractivity contribution in [3.8, 4) is 11.5 Å². The zero-order valence-electron chi connectivity index (χ0n) is 14.2. The molecule has 0 atom stereocenters. The van der Waals surface area contributed by atoms with E-state index in [1.165, 1.54) is 6.20 Å². The third-order valence-corrected chi connectivity index (χ3v) is 3.06. The number of ether oxygens (including phenoxy) is 3. The van der Waals surface area contributed by atoms with Crippen molar-refractivity contribution in [1.82, 2.24) is 4.98 Å². The molecule has 2 aromatic rings. The molecule has 0 saturated carbocycles. The van der Waals surface area contributed by atoms with E-state index in [2.05, 4.69) is 10.3 Å². The summed E-state index contributed by atoms with van der Waals surface area (Å²) in [5.74, 6) is 0.0775. The predicted molar refractivity (Wildman–Crippen MR) is 91.9 cm³/mol. The van der Waals surface area contributed by atoms with Crippen LogP contribution in [0.25, 0.3) is 0 Å². The largest absolute Gasteiger partial charge is 0.490 e. The summed E-state index contributed by atoms with van der Waals surface area (Å²) in [6.45, 7) is 4.32. The fraction of sp³-hybridized carbons (Fsp3) is 0.278. The number of anilines is 1. The van der Waals surface area contributed by atoms with E-state index < -0.39 is 18.5 Å². The quantitative estimate of drug-likeness (QED) is 0.741. The Kier molecular flexibility index (Phi) is 6.76. The molecule has 132 valence electrons. The van der Waals surface area contributed by atoms with Gasteiger partial charge >= 0.3 is 5.97 Å². The number of benzene rings is 1. The molecule has 0 bridgehead atoms. The minimum absolute atomic E-state index is 0.287. The lowest BCUT2D eigenvalue weighted by Gasteiger charge is -2.13. The molecule has 1 N–H and O–H groups in total. The van der Waals surface area contributed by atoms with Gasteiger partial charge in [-0.1, -0.05) is 0 Å². The summed E-state index contributed by atoms with van der Waals surface area (Å²) >= 11 is 0. The molecule has 0 radical (unpaired) electrons. The normalized spacial score (nSPS) is 10.0. The Morgan fingerprint density at radius 2 is 1.84 bits per heavy atom. The van der Waals surface area contributed by atoms with Crippen LogP contribution >= 0.6 is 0 Å². The zero-order valence-corrected chi connectivity index (χ0v) is 14.2. The number of hydrogen-bond acceptors (Lipinski definition) is 6. The van der Waals surface area contributed by atoms with E-state index in [0.717, 1.165) is 0 Å². The van der Waals surface area contributed by atoms with Gasteiger partial charge in [0.05, 0.1) is 18.8 Å². The number of amides is 1. The van der Waals surface area contributed by atoms with E-state index in [-0.39, 0.29) is 5.56 Å². The highest BCUT2D eigenvalue weighted by Crippen LogP contribution is 2.30. The number of nitrogens with one attached hydrogen (secondary N) is 1. The number of pyridine rings is 1. The molecule has 2 rings (SSSR count). The summed E-state index contributed by atoms with van der Waals surface area (Å²) in [4.78, 5) is 27.6. The van der Waals surface area contributed by atoms with Crippen LogP contribution in [-0.2, 0) is 9.53 Å². The van der Waals surface area contributed by atoms with E-state index in [4.69, 9.17) is 14.2 Å². The van der Waals surface area contributed by atoms with Gasteiger partial charge in [-0.2, -0.15) is 0 Å². The van der Waals surface area contributed by atoms with Gasteiger partial charge in [-0.3, -0.25) is 9.78 Å². The van der Waals surface area contributed by atoms with Gasteiger partial charge in [0.2, 0.25) is 0 Å². The van der Waals surface area contributed by atoms with E-state index >= 15 is 0 Å². The number of rotatable bonds is 8. The van der Waals surface area contributed by atoms with Crippen molar-refractivity contribution >= 4 is 17.6 Å². The third kappa shape index (κ3) is 5.49. The Labute approximate surface area is 145 Å². The Morgan fingerprint density at radius 1 is 1.08 bits per heavy atom. The lowest BCUT2D eigenvalue weighted by Crippen LogP contribution is -2.21. The molecule has 0 unspecified atom stereocenters. The van der Waals surface area contributed by atoms with Crippen molar-refractivity contribution in [1.29, 1.82) is 0 Å². The van der Waals surface area contributed by atoms with Crippen LogP contribution in [0.1, 0.15) is 24.2 Å². The first-order chi connectivity index (χ1) is 12.1. The van der Waals surface area contributed by atoms with Crippen LogP contribution < -0.4 is 14.8 Å². The first-order valence-electron chi connectivity index (χ1n) is 7.90. The molecule has 0 saturated heterocycles. The van der Waals surface area contributed by atoms with Crippen LogP contribution in [0.15, 0.2) is 42.7 Å². The highest BCUT2D eigenvalue weighted by atomic mass is 16.5. The lowest BCUT2D eigenvalue weighted by atomic mass is 10.2. The van der Waals surface area contributed by atoms with Crippen molar-refractivity contribution in [3.05, 3.63) is 48.3 Å². The molecular formula is C18H20N2O5.